The average Bonchev–Trinajstić information content (AvgIpc) is 4.00. The minimum Gasteiger partial charge on any atom is -0.493 e. The van der Waals surface area contributed by atoms with E-state index in [0.717, 1.165) is 7.11 Å². The Balaban J connectivity index is 1.36. The molecule has 20 heteroatoms. The van der Waals surface area contributed by atoms with E-state index in [4.69, 9.17) is 14.2 Å². The van der Waals surface area contributed by atoms with Gasteiger partial charge in [0, 0.05) is 24.5 Å². The van der Waals surface area contributed by atoms with E-state index >= 15 is 0 Å². The Morgan fingerprint density at radius 1 is 1.05 bits per heavy atom. The molecule has 2 aliphatic heterocycles. The lowest BCUT2D eigenvalue weighted by Crippen LogP contribution is -2.59. The van der Waals surface area contributed by atoms with Crippen LogP contribution in [0.3, 0.4) is 0 Å². The first-order valence-corrected chi connectivity index (χ1v) is 19.7. The van der Waals surface area contributed by atoms with Crippen molar-refractivity contribution in [1.82, 2.24) is 30.2 Å². The number of aromatic nitrogens is 2. The highest BCUT2D eigenvalue weighted by atomic mass is 32.2. The molecule has 0 radical (unpaired) electrons. The van der Waals surface area contributed by atoms with Crippen LogP contribution in [-0.4, -0.2) is 101 Å². The molecule has 2 aliphatic carbocycles. The Morgan fingerprint density at radius 3 is 2.36 bits per heavy atom. The van der Waals surface area contributed by atoms with Crippen LogP contribution < -0.4 is 29.6 Å². The van der Waals surface area contributed by atoms with Crippen LogP contribution in [0.4, 0.5) is 18.0 Å². The number of hydrogen-bond donors (Lipinski definition) is 4. The van der Waals surface area contributed by atoms with Crippen LogP contribution >= 0.6 is 0 Å². The van der Waals surface area contributed by atoms with E-state index < -0.39 is 91.9 Å². The predicted molar refractivity (Wildman–Crippen MR) is 192 cm³/mol. The molecule has 4 N–H and O–H groups in total. The van der Waals surface area contributed by atoms with Gasteiger partial charge in [0.05, 0.1) is 36.5 Å². The molecule has 6 rings (SSSR count). The minimum absolute atomic E-state index is 0.0128. The Morgan fingerprint density at radius 2 is 1.73 bits per heavy atom. The van der Waals surface area contributed by atoms with Crippen molar-refractivity contribution in [2.24, 2.45) is 17.8 Å². The number of rotatable bonds is 8. The molecule has 0 spiro atoms. The summed E-state index contributed by atoms with van der Waals surface area (Å²) in [7, 11) is -1.81. The number of sulfonamides is 1. The summed E-state index contributed by atoms with van der Waals surface area (Å²) in [5, 5.41) is 14.8. The number of alkyl halides is 3. The van der Waals surface area contributed by atoms with Crippen molar-refractivity contribution >= 4 is 44.9 Å². The summed E-state index contributed by atoms with van der Waals surface area (Å²) in [6, 6.07) is -0.136. The van der Waals surface area contributed by atoms with Crippen molar-refractivity contribution < 1.29 is 60.1 Å². The number of carboxylic acid groups (broad SMARTS) is 1. The number of halogens is 3. The van der Waals surface area contributed by atoms with E-state index in [1.54, 1.807) is 13.0 Å². The number of nitrogens with one attached hydrogen (secondary N) is 3. The third-order valence-corrected chi connectivity index (χ3v) is 13.4. The summed E-state index contributed by atoms with van der Waals surface area (Å²) in [5.74, 6) is -4.26. The lowest BCUT2D eigenvalue weighted by molar-refractivity contribution is -0.142. The first-order chi connectivity index (χ1) is 26.2. The van der Waals surface area contributed by atoms with E-state index in [0.29, 0.717) is 32.1 Å². The van der Waals surface area contributed by atoms with Crippen molar-refractivity contribution in [3.8, 4) is 17.4 Å². The summed E-state index contributed by atoms with van der Waals surface area (Å²) in [4.78, 5) is 63.4. The van der Waals surface area contributed by atoms with Crippen LogP contribution in [0.1, 0.15) is 71.4 Å². The second-order valence-electron chi connectivity index (χ2n) is 15.5. The highest BCUT2D eigenvalue weighted by Crippen LogP contribution is 2.48. The molecule has 3 fully saturated rings. The normalized spacial score (nSPS) is 29.8. The number of hydrogen-bond acceptors (Lipinski definition) is 11. The molecule has 1 aromatic carbocycles. The monoisotopic (exact) mass is 810 g/mol. The molecular weight excluding hydrogens is 765 g/mol. The molecule has 1 aromatic heterocycles. The number of methoxy groups -OCH3 is 2. The summed E-state index contributed by atoms with van der Waals surface area (Å²) >= 11 is 0. The second kappa shape index (κ2) is 14.9. The number of amides is 4. The second-order valence-corrected chi connectivity index (χ2v) is 17.7. The third kappa shape index (κ3) is 8.02. The number of carbonyl (C=O) groups excluding carboxylic acids is 3. The largest absolute Gasteiger partial charge is 0.493 e. The van der Waals surface area contributed by atoms with Crippen molar-refractivity contribution in [3.63, 3.8) is 0 Å². The standard InChI is InChI=1S/C36H45F3N6O10S/c1-18-8-6-7-9-20-16-35(20,32(48)44-56(51,52)34(3)10-11-34)43-29(46)24-13-21(17-45(24)31(47)27(19(2)12-18)42-33(49)50)55-26-15-23-22(14-25(26)53-4)40-28(36(37,38)39)30(41-23)54-5/h7,9,14-15,18-21,24,27,42H,6,8,10-13,16-17H2,1-5H3,(H,43,46)(H,44,48)(H,49,50)/b9-7-/t18-,19+,20+,21+,24-,27-,35+/m0/s1. The number of ether oxygens (including phenoxy) is 3. The van der Waals surface area contributed by atoms with Gasteiger partial charge in [-0.1, -0.05) is 26.0 Å². The van der Waals surface area contributed by atoms with Gasteiger partial charge in [0.25, 0.3) is 5.91 Å². The Kier molecular flexibility index (Phi) is 10.8. The molecule has 306 valence electrons. The molecule has 0 bridgehead atoms. The van der Waals surface area contributed by atoms with Gasteiger partial charge in [-0.3, -0.25) is 19.1 Å². The molecule has 2 saturated carbocycles. The van der Waals surface area contributed by atoms with Crippen LogP contribution in [0.15, 0.2) is 24.3 Å². The fourth-order valence-corrected chi connectivity index (χ4v) is 8.85. The van der Waals surface area contributed by atoms with Crippen LogP contribution in [-0.2, 0) is 30.6 Å². The van der Waals surface area contributed by atoms with Gasteiger partial charge in [-0.2, -0.15) is 13.2 Å². The van der Waals surface area contributed by atoms with Gasteiger partial charge in [0.15, 0.2) is 11.5 Å². The highest BCUT2D eigenvalue weighted by molar-refractivity contribution is 7.91. The number of benzene rings is 1. The van der Waals surface area contributed by atoms with Gasteiger partial charge < -0.3 is 34.9 Å². The Bertz CT molecular complexity index is 2060. The van der Waals surface area contributed by atoms with Gasteiger partial charge in [-0.15, -0.1) is 0 Å². The number of carbonyl (C=O) groups is 4. The molecule has 3 heterocycles. The topological polar surface area (TPSA) is 215 Å². The molecule has 4 amide bonds. The molecule has 4 aliphatic rings. The lowest BCUT2D eigenvalue weighted by Gasteiger charge is -2.32. The number of fused-ring (bicyclic) bond motifs is 3. The molecule has 56 heavy (non-hydrogen) atoms. The van der Waals surface area contributed by atoms with Crippen LogP contribution in [0.2, 0.25) is 0 Å². The van der Waals surface area contributed by atoms with E-state index in [-0.39, 0.29) is 47.8 Å². The first-order valence-electron chi connectivity index (χ1n) is 18.2. The van der Waals surface area contributed by atoms with Crippen molar-refractivity contribution in [3.05, 3.63) is 30.0 Å². The third-order valence-electron chi connectivity index (χ3n) is 11.2. The van der Waals surface area contributed by atoms with Gasteiger partial charge in [0.1, 0.15) is 23.7 Å². The summed E-state index contributed by atoms with van der Waals surface area (Å²) in [6.07, 6.45) is -1.28. The lowest BCUT2D eigenvalue weighted by atomic mass is 9.88. The zero-order valence-electron chi connectivity index (χ0n) is 31.4. The van der Waals surface area contributed by atoms with E-state index in [9.17, 15) is 45.9 Å². The number of allylic oxidation sites excluding steroid dienone is 1. The molecule has 1 saturated heterocycles. The van der Waals surface area contributed by atoms with E-state index in [1.807, 2.05) is 13.0 Å². The van der Waals surface area contributed by atoms with Crippen LogP contribution in [0, 0.1) is 17.8 Å². The summed E-state index contributed by atoms with van der Waals surface area (Å²) in [5.41, 5.74) is -3.22. The van der Waals surface area contributed by atoms with Crippen LogP contribution in [0.5, 0.6) is 17.4 Å². The zero-order chi connectivity index (χ0) is 41.0. The molecule has 0 unspecified atom stereocenters. The quantitative estimate of drug-likeness (QED) is 0.282. The van der Waals surface area contributed by atoms with Gasteiger partial charge in [0.2, 0.25) is 33.4 Å². The maximum atomic E-state index is 14.4. The molecule has 7 atom stereocenters. The van der Waals surface area contributed by atoms with Crippen molar-refractivity contribution in [2.45, 2.75) is 100 Å². The first kappa shape index (κ1) is 40.8. The van der Waals surface area contributed by atoms with Gasteiger partial charge >= 0.3 is 12.3 Å². The minimum atomic E-state index is -4.87. The summed E-state index contributed by atoms with van der Waals surface area (Å²) in [6.45, 7) is 4.97. The van der Waals surface area contributed by atoms with Gasteiger partial charge in [-0.25, -0.2) is 23.2 Å². The van der Waals surface area contributed by atoms with Crippen LogP contribution in [0.25, 0.3) is 11.0 Å². The fraction of sp³-hybridized carbons (Fsp3) is 0.611. The number of nitrogens with zero attached hydrogens (tertiary/aromatic N) is 3. The molecule has 16 nitrogen and oxygen atoms in total. The Labute approximate surface area is 321 Å². The summed E-state index contributed by atoms with van der Waals surface area (Å²) < 4.78 is 84.9. The smallest absolute Gasteiger partial charge is 0.438 e. The average molecular weight is 811 g/mol. The zero-order valence-corrected chi connectivity index (χ0v) is 32.3. The predicted octanol–water partition coefficient (Wildman–Crippen LogP) is 3.54. The maximum Gasteiger partial charge on any atom is 0.438 e. The highest BCUT2D eigenvalue weighted by Gasteiger charge is 2.63. The van der Waals surface area contributed by atoms with Crippen molar-refractivity contribution in [2.75, 3.05) is 20.8 Å². The maximum absolute atomic E-state index is 14.4. The van der Waals surface area contributed by atoms with Gasteiger partial charge in [-0.05, 0) is 57.3 Å². The SMILES string of the molecule is COc1cc2nc(C(F)(F)F)c(OC)nc2cc1O[C@@H]1C[C@H]2C(=O)N[C@]3(C(=O)NS(=O)(=O)C4(C)CC4)C[C@H]3/C=C\CC[C@H](C)C[C@@H](C)[C@H](NC(=O)O)C(=O)N2C1. The van der Waals surface area contributed by atoms with Crippen molar-refractivity contribution in [1.29, 1.82) is 0 Å². The Hall–Kier alpha value is -4.88. The van der Waals surface area contributed by atoms with E-state index in [2.05, 4.69) is 25.3 Å². The van der Waals surface area contributed by atoms with E-state index in [1.165, 1.54) is 31.1 Å². The molecule has 2 aromatic rings. The molecular formula is C36H45F3N6O10S. The fourth-order valence-electron chi connectivity index (χ4n) is 7.54.